The van der Waals surface area contributed by atoms with E-state index in [0.717, 1.165) is 6.54 Å². The third-order valence-electron chi connectivity index (χ3n) is 5.56. The summed E-state index contributed by atoms with van der Waals surface area (Å²) in [5.41, 5.74) is 0.464. The number of hydrogen-bond acceptors (Lipinski definition) is 9. The molecule has 0 radical (unpaired) electrons. The second-order valence-corrected chi connectivity index (χ2v) is 7.77. The molecule has 4 aromatic rings. The van der Waals surface area contributed by atoms with Crippen LogP contribution >= 0.6 is 0 Å². The molecule has 33 heavy (non-hydrogen) atoms. The SMILES string of the molecule is CCn1ccc(Nc2nccc(-c3cccc(-c4cc([C@]5(O)CCN(C)C5=O)on4)n3)n2)n1. The summed E-state index contributed by atoms with van der Waals surface area (Å²) in [7, 11) is 1.64. The number of aryl methyl sites for hydroxylation is 1. The van der Waals surface area contributed by atoms with Gasteiger partial charge in [0.05, 0.1) is 17.1 Å². The van der Waals surface area contributed by atoms with Crippen molar-refractivity contribution in [3.8, 4) is 22.8 Å². The molecule has 0 saturated carbocycles. The van der Waals surface area contributed by atoms with Crippen LogP contribution in [0.2, 0.25) is 0 Å². The standard InChI is InChI=1S/C22H22N8O3/c1-3-30-11-8-19(27-30)26-21-23-10-7-16(25-21)14-5-4-6-15(24-14)17-13-18(33-28-17)22(32)9-12-29(2)20(22)31/h4-8,10-11,13,32H,3,9,12H2,1-2H3,(H,23,25,26,27)/t22-/m1/s1. The first kappa shape index (κ1) is 20.8. The van der Waals surface area contributed by atoms with Gasteiger partial charge in [-0.05, 0) is 25.1 Å². The number of pyridine rings is 1. The number of carbonyl (C=O) groups is 1. The Hall–Kier alpha value is -4.12. The van der Waals surface area contributed by atoms with Crippen LogP contribution in [0.5, 0.6) is 0 Å². The highest BCUT2D eigenvalue weighted by Gasteiger charge is 2.48. The Morgan fingerprint density at radius 3 is 2.67 bits per heavy atom. The summed E-state index contributed by atoms with van der Waals surface area (Å²) in [5.74, 6) is 0.752. The topological polar surface area (TPSA) is 135 Å². The first-order valence-electron chi connectivity index (χ1n) is 10.5. The fraction of sp³-hybridized carbons (Fsp3) is 0.273. The molecule has 5 heterocycles. The molecule has 0 aromatic carbocycles. The molecule has 1 fully saturated rings. The predicted molar refractivity (Wildman–Crippen MR) is 118 cm³/mol. The van der Waals surface area contributed by atoms with Gasteiger partial charge in [0, 0.05) is 51.1 Å². The van der Waals surface area contributed by atoms with E-state index in [1.54, 1.807) is 36.1 Å². The number of likely N-dealkylation sites (N-methyl/N-ethyl adjacent to an activating group) is 1. The third-order valence-corrected chi connectivity index (χ3v) is 5.56. The van der Waals surface area contributed by atoms with Crippen LogP contribution in [0.1, 0.15) is 19.1 Å². The van der Waals surface area contributed by atoms with Crippen molar-refractivity contribution in [2.24, 2.45) is 0 Å². The largest absolute Gasteiger partial charge is 0.373 e. The number of hydrogen-bond donors (Lipinski definition) is 2. The summed E-state index contributed by atoms with van der Waals surface area (Å²) in [5, 5.41) is 22.3. The Morgan fingerprint density at radius 2 is 1.94 bits per heavy atom. The van der Waals surface area contributed by atoms with Crippen molar-refractivity contribution in [2.45, 2.75) is 25.5 Å². The van der Waals surface area contributed by atoms with Crippen molar-refractivity contribution in [2.75, 3.05) is 18.9 Å². The first-order chi connectivity index (χ1) is 16.0. The molecular weight excluding hydrogens is 424 g/mol. The number of nitrogens with zero attached hydrogens (tertiary/aromatic N) is 7. The summed E-state index contributed by atoms with van der Waals surface area (Å²) in [6.45, 7) is 3.22. The van der Waals surface area contributed by atoms with Crippen LogP contribution in [0.25, 0.3) is 22.8 Å². The average molecular weight is 446 g/mol. The van der Waals surface area contributed by atoms with Crippen molar-refractivity contribution < 1.29 is 14.4 Å². The minimum atomic E-state index is -1.70. The smallest absolute Gasteiger partial charge is 0.262 e. The maximum absolute atomic E-state index is 12.3. The van der Waals surface area contributed by atoms with Crippen molar-refractivity contribution in [3.05, 3.63) is 54.6 Å². The van der Waals surface area contributed by atoms with Gasteiger partial charge in [-0.3, -0.25) is 9.48 Å². The lowest BCUT2D eigenvalue weighted by molar-refractivity contribution is -0.144. The highest BCUT2D eigenvalue weighted by atomic mass is 16.5. The molecule has 168 valence electrons. The summed E-state index contributed by atoms with van der Waals surface area (Å²) >= 11 is 0. The quantitative estimate of drug-likeness (QED) is 0.457. The van der Waals surface area contributed by atoms with Crippen molar-refractivity contribution in [1.82, 2.24) is 34.8 Å². The number of amides is 1. The van der Waals surface area contributed by atoms with Gasteiger partial charge in [-0.2, -0.15) is 5.10 Å². The number of anilines is 2. The predicted octanol–water partition coefficient (Wildman–Crippen LogP) is 2.20. The Labute approximate surface area is 189 Å². The Balaban J connectivity index is 1.40. The molecule has 1 atom stereocenters. The number of nitrogens with one attached hydrogen (secondary N) is 1. The lowest BCUT2D eigenvalue weighted by Gasteiger charge is -2.16. The third kappa shape index (κ3) is 3.82. The molecule has 4 aromatic heterocycles. The van der Waals surface area contributed by atoms with Gasteiger partial charge < -0.3 is 19.8 Å². The van der Waals surface area contributed by atoms with Gasteiger partial charge in [-0.1, -0.05) is 11.2 Å². The van der Waals surface area contributed by atoms with Gasteiger partial charge in [0.15, 0.2) is 11.6 Å². The fourth-order valence-corrected chi connectivity index (χ4v) is 3.67. The Kier molecular flexibility index (Phi) is 5.09. The Morgan fingerprint density at radius 1 is 1.15 bits per heavy atom. The van der Waals surface area contributed by atoms with E-state index in [-0.39, 0.29) is 12.2 Å². The zero-order valence-electron chi connectivity index (χ0n) is 18.1. The summed E-state index contributed by atoms with van der Waals surface area (Å²) < 4.78 is 7.14. The van der Waals surface area contributed by atoms with E-state index in [9.17, 15) is 9.90 Å². The van der Waals surface area contributed by atoms with Crippen LogP contribution in [0, 0.1) is 0 Å². The minimum Gasteiger partial charge on any atom is -0.373 e. The second-order valence-electron chi connectivity index (χ2n) is 7.77. The molecule has 5 rings (SSSR count). The maximum Gasteiger partial charge on any atom is 0.262 e. The molecular formula is C22H22N8O3. The Bertz CT molecular complexity index is 1320. The maximum atomic E-state index is 12.3. The number of likely N-dealkylation sites (tertiary alicyclic amines) is 1. The lowest BCUT2D eigenvalue weighted by atomic mass is 9.98. The molecule has 11 nitrogen and oxygen atoms in total. The van der Waals surface area contributed by atoms with Crippen LogP contribution < -0.4 is 5.32 Å². The van der Waals surface area contributed by atoms with Gasteiger partial charge in [-0.15, -0.1) is 0 Å². The van der Waals surface area contributed by atoms with Crippen LogP contribution in [0.3, 0.4) is 0 Å². The van der Waals surface area contributed by atoms with Gasteiger partial charge in [0.1, 0.15) is 5.69 Å². The van der Waals surface area contributed by atoms with Crippen LogP contribution in [-0.2, 0) is 16.9 Å². The molecule has 2 N–H and O–H groups in total. The van der Waals surface area contributed by atoms with Crippen LogP contribution in [-0.4, -0.2) is 59.4 Å². The van der Waals surface area contributed by atoms with E-state index in [4.69, 9.17) is 4.52 Å². The zero-order valence-corrected chi connectivity index (χ0v) is 18.1. The second kappa shape index (κ2) is 8.10. The van der Waals surface area contributed by atoms with E-state index in [0.29, 0.717) is 41.1 Å². The molecule has 1 aliphatic rings. The summed E-state index contributed by atoms with van der Waals surface area (Å²) in [4.78, 5) is 27.2. The fourth-order valence-electron chi connectivity index (χ4n) is 3.67. The average Bonchev–Trinajstić information content (AvgIpc) is 3.57. The number of aliphatic hydroxyl groups is 1. The van der Waals surface area contributed by atoms with Gasteiger partial charge in [0.2, 0.25) is 11.5 Å². The van der Waals surface area contributed by atoms with E-state index >= 15 is 0 Å². The van der Waals surface area contributed by atoms with E-state index in [1.807, 2.05) is 31.3 Å². The number of aromatic nitrogens is 6. The molecule has 1 saturated heterocycles. The molecule has 1 aliphatic heterocycles. The van der Waals surface area contributed by atoms with Gasteiger partial charge in [-0.25, -0.2) is 15.0 Å². The van der Waals surface area contributed by atoms with Gasteiger partial charge >= 0.3 is 0 Å². The highest BCUT2D eigenvalue weighted by molar-refractivity contribution is 5.87. The van der Waals surface area contributed by atoms with Crippen molar-refractivity contribution >= 4 is 17.7 Å². The van der Waals surface area contributed by atoms with Crippen molar-refractivity contribution in [3.63, 3.8) is 0 Å². The molecule has 11 heteroatoms. The van der Waals surface area contributed by atoms with Crippen molar-refractivity contribution in [1.29, 1.82) is 0 Å². The monoisotopic (exact) mass is 446 g/mol. The van der Waals surface area contributed by atoms with E-state index in [1.165, 1.54) is 4.90 Å². The lowest BCUT2D eigenvalue weighted by Crippen LogP contribution is -2.35. The van der Waals surface area contributed by atoms with E-state index < -0.39 is 11.5 Å². The molecule has 0 bridgehead atoms. The molecule has 0 unspecified atom stereocenters. The number of carbonyl (C=O) groups excluding carboxylic acids is 1. The highest BCUT2D eigenvalue weighted by Crippen LogP contribution is 2.34. The zero-order chi connectivity index (χ0) is 23.0. The minimum absolute atomic E-state index is 0.110. The van der Waals surface area contributed by atoms with E-state index in [2.05, 4.69) is 30.5 Å². The molecule has 1 amide bonds. The van der Waals surface area contributed by atoms with Gasteiger partial charge in [0.25, 0.3) is 5.91 Å². The van der Waals surface area contributed by atoms with Crippen LogP contribution in [0.4, 0.5) is 11.8 Å². The number of rotatable bonds is 6. The first-order valence-corrected chi connectivity index (χ1v) is 10.5. The summed E-state index contributed by atoms with van der Waals surface area (Å²) in [6.07, 6.45) is 3.76. The molecule has 0 aliphatic carbocycles. The molecule has 0 spiro atoms. The normalized spacial score (nSPS) is 18.2. The summed E-state index contributed by atoms with van der Waals surface area (Å²) in [6, 6.07) is 10.6. The van der Waals surface area contributed by atoms with Crippen LogP contribution in [0.15, 0.2) is 53.3 Å².